The molecule has 1 aliphatic rings. The second-order valence-corrected chi connectivity index (χ2v) is 7.84. The van der Waals surface area contributed by atoms with Gasteiger partial charge in [0.05, 0.1) is 13.2 Å². The maximum absolute atomic E-state index is 13.0. The van der Waals surface area contributed by atoms with E-state index in [1.165, 1.54) is 0 Å². The van der Waals surface area contributed by atoms with Gasteiger partial charge in [-0.1, -0.05) is 12.1 Å². The predicted octanol–water partition coefficient (Wildman–Crippen LogP) is 4.01. The summed E-state index contributed by atoms with van der Waals surface area (Å²) in [5.41, 5.74) is 4.05. The van der Waals surface area contributed by atoms with Gasteiger partial charge in [0.25, 0.3) is 0 Å². The lowest BCUT2D eigenvalue weighted by atomic mass is 9.96. The summed E-state index contributed by atoms with van der Waals surface area (Å²) in [5.74, 6) is 0.668. The maximum Gasteiger partial charge on any atom is 0.355 e. The van der Waals surface area contributed by atoms with E-state index >= 15 is 0 Å². The van der Waals surface area contributed by atoms with E-state index in [1.54, 1.807) is 13.8 Å². The van der Waals surface area contributed by atoms with E-state index in [2.05, 4.69) is 14.9 Å². The fourth-order valence-corrected chi connectivity index (χ4v) is 4.26. The highest BCUT2D eigenvalue weighted by Gasteiger charge is 2.28. The number of oxazole rings is 1. The molecule has 0 radical (unpaired) electrons. The van der Waals surface area contributed by atoms with Crippen LogP contribution in [0.1, 0.15) is 63.7 Å². The second-order valence-electron chi connectivity index (χ2n) is 7.84. The molecule has 0 saturated carbocycles. The van der Waals surface area contributed by atoms with E-state index in [4.69, 9.17) is 9.15 Å². The molecule has 0 aliphatic carbocycles. The Morgan fingerprint density at radius 1 is 1.23 bits per heavy atom. The lowest BCUT2D eigenvalue weighted by molar-refractivity contribution is 0.0519. The van der Waals surface area contributed by atoms with Gasteiger partial charge in [0, 0.05) is 17.2 Å². The molecule has 4 rings (SSSR count). The maximum atomic E-state index is 13.0. The normalized spacial score (nSPS) is 15.6. The number of carbonyl (C=O) groups is 2. The van der Waals surface area contributed by atoms with Crippen LogP contribution in [0.15, 0.2) is 28.7 Å². The van der Waals surface area contributed by atoms with Gasteiger partial charge < -0.3 is 14.1 Å². The zero-order valence-corrected chi connectivity index (χ0v) is 17.7. The minimum atomic E-state index is -0.420. The smallest absolute Gasteiger partial charge is 0.355 e. The monoisotopic (exact) mass is 409 g/mol. The average Bonchev–Trinajstić information content (AvgIpc) is 3.29. The largest absolute Gasteiger partial charge is 0.461 e. The van der Waals surface area contributed by atoms with Crippen LogP contribution in [0.25, 0.3) is 11.1 Å². The number of ether oxygens (including phenoxy) is 1. The zero-order chi connectivity index (χ0) is 21.3. The molecule has 30 heavy (non-hydrogen) atoms. The molecule has 1 N–H and O–H groups in total. The summed E-state index contributed by atoms with van der Waals surface area (Å²) in [7, 11) is 0. The van der Waals surface area contributed by atoms with Gasteiger partial charge >= 0.3 is 5.97 Å². The number of hydrogen-bond acceptors (Lipinski definition) is 6. The number of fused-ring (bicyclic) bond motifs is 1. The van der Waals surface area contributed by atoms with Crippen LogP contribution in [0, 0.1) is 13.8 Å². The molecular weight excluding hydrogens is 382 g/mol. The fourth-order valence-electron chi connectivity index (χ4n) is 4.26. The Kier molecular flexibility index (Phi) is 5.72. The summed E-state index contributed by atoms with van der Waals surface area (Å²) < 4.78 is 11.0. The van der Waals surface area contributed by atoms with E-state index in [-0.39, 0.29) is 11.7 Å². The number of likely N-dealkylation sites (tertiary alicyclic amines) is 1. The van der Waals surface area contributed by atoms with Crippen molar-refractivity contribution < 1.29 is 18.7 Å². The molecule has 1 saturated heterocycles. The van der Waals surface area contributed by atoms with Crippen molar-refractivity contribution in [1.82, 2.24) is 14.9 Å². The highest BCUT2D eigenvalue weighted by Crippen LogP contribution is 2.30. The van der Waals surface area contributed by atoms with E-state index in [9.17, 15) is 9.59 Å². The first-order chi connectivity index (χ1) is 14.5. The standard InChI is InChI=1S/C23H27N3O4/c1-4-29-23(28)21-14(2)20(15(3)24-21)18(27)13-26-11-9-16(10-12-26)22-25-17-7-5-6-8-19(17)30-22/h5-8,16,24H,4,9-13H2,1-3H3. The molecule has 7 heteroatoms. The van der Waals surface area contributed by atoms with Crippen molar-refractivity contribution >= 4 is 22.9 Å². The number of carbonyl (C=O) groups excluding carboxylic acids is 2. The van der Waals surface area contributed by atoms with Crippen LogP contribution in [-0.2, 0) is 4.74 Å². The highest BCUT2D eigenvalue weighted by atomic mass is 16.5. The average molecular weight is 409 g/mol. The molecule has 1 aliphatic heterocycles. The summed E-state index contributed by atoms with van der Waals surface area (Å²) >= 11 is 0. The minimum Gasteiger partial charge on any atom is -0.461 e. The van der Waals surface area contributed by atoms with E-state index < -0.39 is 5.97 Å². The number of piperidine rings is 1. The Labute approximate surface area is 175 Å². The number of esters is 1. The molecule has 7 nitrogen and oxygen atoms in total. The lowest BCUT2D eigenvalue weighted by Crippen LogP contribution is -2.37. The number of H-pyrrole nitrogens is 1. The molecule has 2 aromatic heterocycles. The Hall–Kier alpha value is -2.93. The van der Waals surface area contributed by atoms with Crippen LogP contribution >= 0.6 is 0 Å². The fraction of sp³-hybridized carbons (Fsp3) is 0.435. The van der Waals surface area contributed by atoms with Crippen LogP contribution in [0.4, 0.5) is 0 Å². The summed E-state index contributed by atoms with van der Waals surface area (Å²) in [4.78, 5) is 34.9. The number of rotatable bonds is 6. The van der Waals surface area contributed by atoms with E-state index in [0.717, 1.165) is 42.9 Å². The van der Waals surface area contributed by atoms with Crippen molar-refractivity contribution in [2.75, 3.05) is 26.2 Å². The van der Waals surface area contributed by atoms with Crippen molar-refractivity contribution in [2.24, 2.45) is 0 Å². The number of benzene rings is 1. The number of aryl methyl sites for hydroxylation is 1. The van der Waals surface area contributed by atoms with Gasteiger partial charge in [0.15, 0.2) is 17.3 Å². The van der Waals surface area contributed by atoms with Crippen LogP contribution in [0.3, 0.4) is 0 Å². The Balaban J connectivity index is 1.39. The number of hydrogen-bond donors (Lipinski definition) is 1. The molecule has 0 unspecified atom stereocenters. The van der Waals surface area contributed by atoms with Gasteiger partial charge in [-0.3, -0.25) is 9.69 Å². The Morgan fingerprint density at radius 3 is 2.67 bits per heavy atom. The van der Waals surface area contributed by atoms with Crippen molar-refractivity contribution in [3.05, 3.63) is 52.7 Å². The molecule has 3 aromatic rings. The molecule has 3 heterocycles. The first-order valence-electron chi connectivity index (χ1n) is 10.4. The van der Waals surface area contributed by atoms with Gasteiger partial charge in [-0.15, -0.1) is 0 Å². The number of ketones is 1. The van der Waals surface area contributed by atoms with Crippen LogP contribution in [0.5, 0.6) is 0 Å². The van der Waals surface area contributed by atoms with Crippen molar-refractivity contribution in [3.63, 3.8) is 0 Å². The quantitative estimate of drug-likeness (QED) is 0.489. The number of nitrogens with zero attached hydrogens (tertiary/aromatic N) is 2. The lowest BCUT2D eigenvalue weighted by Gasteiger charge is -2.30. The molecule has 0 spiro atoms. The molecular formula is C23H27N3O4. The summed E-state index contributed by atoms with van der Waals surface area (Å²) in [6.45, 7) is 7.63. The third-order valence-corrected chi connectivity index (χ3v) is 5.81. The highest BCUT2D eigenvalue weighted by molar-refractivity contribution is 6.03. The number of para-hydroxylation sites is 2. The SMILES string of the molecule is CCOC(=O)c1[nH]c(C)c(C(=O)CN2CCC(c3nc4ccccc4o3)CC2)c1C. The summed E-state index contributed by atoms with van der Waals surface area (Å²) in [5, 5.41) is 0. The predicted molar refractivity (Wildman–Crippen MR) is 113 cm³/mol. The molecule has 0 amide bonds. The van der Waals surface area contributed by atoms with Gasteiger partial charge in [-0.25, -0.2) is 9.78 Å². The van der Waals surface area contributed by atoms with Gasteiger partial charge in [-0.05, 0) is 64.4 Å². The van der Waals surface area contributed by atoms with E-state index in [1.807, 2.05) is 31.2 Å². The Bertz CT molecular complexity index is 1040. The van der Waals surface area contributed by atoms with Crippen LogP contribution in [0.2, 0.25) is 0 Å². The topological polar surface area (TPSA) is 88.4 Å². The number of Topliss-reactive ketones (excluding diaryl/α,β-unsaturated/α-hetero) is 1. The molecule has 158 valence electrons. The van der Waals surface area contributed by atoms with Crippen molar-refractivity contribution in [1.29, 1.82) is 0 Å². The van der Waals surface area contributed by atoms with Gasteiger partial charge in [-0.2, -0.15) is 0 Å². The molecule has 0 atom stereocenters. The number of nitrogens with one attached hydrogen (secondary N) is 1. The van der Waals surface area contributed by atoms with Gasteiger partial charge in [0.1, 0.15) is 11.2 Å². The first-order valence-corrected chi connectivity index (χ1v) is 10.4. The van der Waals surface area contributed by atoms with Gasteiger partial charge in [0.2, 0.25) is 0 Å². The first kappa shape index (κ1) is 20.3. The second kappa shape index (κ2) is 8.44. The molecule has 1 aromatic carbocycles. The third kappa shape index (κ3) is 3.89. The third-order valence-electron chi connectivity index (χ3n) is 5.81. The minimum absolute atomic E-state index is 0.0251. The van der Waals surface area contributed by atoms with Crippen molar-refractivity contribution in [2.45, 2.75) is 39.5 Å². The number of aromatic nitrogens is 2. The van der Waals surface area contributed by atoms with Crippen LogP contribution in [-0.4, -0.2) is 52.9 Å². The Morgan fingerprint density at radius 2 is 1.97 bits per heavy atom. The molecule has 1 fully saturated rings. The number of aromatic amines is 1. The summed E-state index contributed by atoms with van der Waals surface area (Å²) in [6, 6.07) is 7.80. The van der Waals surface area contributed by atoms with Crippen LogP contribution < -0.4 is 0 Å². The van der Waals surface area contributed by atoms with Crippen molar-refractivity contribution in [3.8, 4) is 0 Å². The zero-order valence-electron chi connectivity index (χ0n) is 17.7. The van der Waals surface area contributed by atoms with E-state index in [0.29, 0.717) is 35.7 Å². The summed E-state index contributed by atoms with van der Waals surface area (Å²) in [6.07, 6.45) is 1.80. The molecule has 0 bridgehead atoms.